The SMILES string of the molecule is FC(F)(F)Oc1ccc(-c2ccc(CON=C(Cn3ccnc3)c3ccc(C#CC4CC4)cc3)cc2)cc1. The molecule has 38 heavy (non-hydrogen) atoms. The third-order valence-corrected chi connectivity index (χ3v) is 5.89. The highest BCUT2D eigenvalue weighted by molar-refractivity contribution is 6.00. The first-order valence-corrected chi connectivity index (χ1v) is 12.1. The van der Waals surface area contributed by atoms with Crippen molar-refractivity contribution in [2.45, 2.75) is 32.4 Å². The van der Waals surface area contributed by atoms with Crippen LogP contribution in [-0.4, -0.2) is 21.6 Å². The number of halogens is 3. The Bertz CT molecular complexity index is 1430. The Hall–Kier alpha value is -4.51. The highest BCUT2D eigenvalue weighted by Gasteiger charge is 2.30. The predicted molar refractivity (Wildman–Crippen MR) is 138 cm³/mol. The van der Waals surface area contributed by atoms with Gasteiger partial charge in [-0.1, -0.05) is 65.5 Å². The van der Waals surface area contributed by atoms with E-state index in [0.29, 0.717) is 12.5 Å². The molecule has 0 aliphatic heterocycles. The summed E-state index contributed by atoms with van der Waals surface area (Å²) in [7, 11) is 0. The zero-order valence-corrected chi connectivity index (χ0v) is 20.4. The average Bonchev–Trinajstić information content (AvgIpc) is 3.60. The van der Waals surface area contributed by atoms with Crippen LogP contribution in [0.5, 0.6) is 5.75 Å². The van der Waals surface area contributed by atoms with Crippen molar-refractivity contribution in [3.05, 3.63) is 108 Å². The minimum Gasteiger partial charge on any atom is -0.406 e. The van der Waals surface area contributed by atoms with Crippen molar-refractivity contribution in [3.63, 3.8) is 0 Å². The number of aromatic nitrogens is 2. The van der Waals surface area contributed by atoms with Gasteiger partial charge in [-0.15, -0.1) is 13.2 Å². The molecule has 5 rings (SSSR count). The number of ether oxygens (including phenoxy) is 1. The van der Waals surface area contributed by atoms with Gasteiger partial charge in [0, 0.05) is 29.4 Å². The first-order valence-electron chi connectivity index (χ1n) is 12.1. The molecule has 1 fully saturated rings. The van der Waals surface area contributed by atoms with Crippen LogP contribution in [0.4, 0.5) is 13.2 Å². The van der Waals surface area contributed by atoms with Crippen LogP contribution >= 0.6 is 0 Å². The number of imidazole rings is 1. The molecular weight excluding hydrogens is 491 g/mol. The van der Waals surface area contributed by atoms with Gasteiger partial charge in [-0.05, 0) is 53.8 Å². The molecular formula is C30H24F3N3O2. The van der Waals surface area contributed by atoms with Gasteiger partial charge in [-0.25, -0.2) is 4.98 Å². The molecule has 192 valence electrons. The molecule has 0 saturated heterocycles. The first kappa shape index (κ1) is 25.2. The van der Waals surface area contributed by atoms with Crippen molar-refractivity contribution in [1.29, 1.82) is 0 Å². The van der Waals surface area contributed by atoms with E-state index in [2.05, 4.69) is 26.7 Å². The van der Waals surface area contributed by atoms with Crippen molar-refractivity contribution >= 4 is 5.71 Å². The summed E-state index contributed by atoms with van der Waals surface area (Å²) in [6.45, 7) is 0.761. The van der Waals surface area contributed by atoms with Gasteiger partial charge in [0.1, 0.15) is 18.1 Å². The number of nitrogens with zero attached hydrogens (tertiary/aromatic N) is 3. The summed E-state index contributed by atoms with van der Waals surface area (Å²) >= 11 is 0. The topological polar surface area (TPSA) is 48.6 Å². The number of alkyl halides is 3. The number of oxime groups is 1. The fourth-order valence-corrected chi connectivity index (χ4v) is 3.71. The molecule has 1 heterocycles. The third kappa shape index (κ3) is 7.26. The second-order valence-electron chi connectivity index (χ2n) is 8.94. The van der Waals surface area contributed by atoms with Crippen LogP contribution in [0.3, 0.4) is 0 Å². The van der Waals surface area contributed by atoms with Crippen LogP contribution in [0, 0.1) is 17.8 Å². The molecule has 1 aromatic heterocycles. The highest BCUT2D eigenvalue weighted by Crippen LogP contribution is 2.28. The highest BCUT2D eigenvalue weighted by atomic mass is 19.4. The average molecular weight is 516 g/mol. The number of hydrogen-bond donors (Lipinski definition) is 0. The third-order valence-electron chi connectivity index (χ3n) is 5.89. The van der Waals surface area contributed by atoms with Gasteiger partial charge >= 0.3 is 6.36 Å². The van der Waals surface area contributed by atoms with E-state index in [1.165, 1.54) is 25.0 Å². The second-order valence-corrected chi connectivity index (χ2v) is 8.94. The first-order chi connectivity index (χ1) is 18.4. The number of rotatable bonds is 8. The summed E-state index contributed by atoms with van der Waals surface area (Å²) in [6, 6.07) is 21.3. The molecule has 0 N–H and O–H groups in total. The van der Waals surface area contributed by atoms with E-state index in [1.807, 2.05) is 59.3 Å². The lowest BCUT2D eigenvalue weighted by Gasteiger charge is -2.10. The summed E-state index contributed by atoms with van der Waals surface area (Å²) in [5.74, 6) is 6.79. The maximum atomic E-state index is 12.4. The quantitative estimate of drug-likeness (QED) is 0.147. The van der Waals surface area contributed by atoms with E-state index in [-0.39, 0.29) is 12.4 Å². The van der Waals surface area contributed by atoms with E-state index >= 15 is 0 Å². The Labute approximate surface area is 218 Å². The lowest BCUT2D eigenvalue weighted by Crippen LogP contribution is -2.16. The van der Waals surface area contributed by atoms with Gasteiger partial charge in [0.2, 0.25) is 0 Å². The summed E-state index contributed by atoms with van der Waals surface area (Å²) in [4.78, 5) is 9.82. The normalized spacial score (nSPS) is 13.5. The van der Waals surface area contributed by atoms with Crippen LogP contribution in [0.15, 0.2) is 96.7 Å². The van der Waals surface area contributed by atoms with Crippen molar-refractivity contribution in [2.24, 2.45) is 11.1 Å². The smallest absolute Gasteiger partial charge is 0.406 e. The number of hydrogen-bond acceptors (Lipinski definition) is 4. The lowest BCUT2D eigenvalue weighted by atomic mass is 10.0. The molecule has 1 saturated carbocycles. The molecule has 4 aromatic rings. The molecule has 0 spiro atoms. The van der Waals surface area contributed by atoms with E-state index in [0.717, 1.165) is 33.5 Å². The van der Waals surface area contributed by atoms with Crippen molar-refractivity contribution in [3.8, 4) is 28.7 Å². The Morgan fingerprint density at radius 3 is 2.24 bits per heavy atom. The lowest BCUT2D eigenvalue weighted by molar-refractivity contribution is -0.274. The Morgan fingerprint density at radius 2 is 1.63 bits per heavy atom. The Kier molecular flexibility index (Phi) is 7.45. The van der Waals surface area contributed by atoms with E-state index < -0.39 is 6.36 Å². The minimum absolute atomic E-state index is 0.253. The molecule has 0 unspecified atom stereocenters. The zero-order chi connectivity index (χ0) is 26.4. The Morgan fingerprint density at radius 1 is 0.947 bits per heavy atom. The van der Waals surface area contributed by atoms with Gasteiger partial charge < -0.3 is 14.1 Å². The van der Waals surface area contributed by atoms with Crippen LogP contribution in [0.1, 0.15) is 29.5 Å². The number of benzene rings is 3. The van der Waals surface area contributed by atoms with Crippen LogP contribution < -0.4 is 4.74 Å². The molecule has 3 aromatic carbocycles. The summed E-state index contributed by atoms with van der Waals surface area (Å²) < 4.78 is 43.0. The molecule has 0 amide bonds. The van der Waals surface area contributed by atoms with Gasteiger partial charge in [0.15, 0.2) is 0 Å². The van der Waals surface area contributed by atoms with Crippen LogP contribution in [0.25, 0.3) is 11.1 Å². The molecule has 1 aliphatic carbocycles. The van der Waals surface area contributed by atoms with Crippen molar-refractivity contribution in [1.82, 2.24) is 9.55 Å². The Balaban J connectivity index is 1.24. The predicted octanol–water partition coefficient (Wildman–Crippen LogP) is 6.83. The van der Waals surface area contributed by atoms with E-state index in [9.17, 15) is 13.2 Å². The molecule has 8 heteroatoms. The minimum atomic E-state index is -4.71. The van der Waals surface area contributed by atoms with E-state index in [1.54, 1.807) is 24.7 Å². The van der Waals surface area contributed by atoms with Gasteiger partial charge in [0.25, 0.3) is 0 Å². The maximum Gasteiger partial charge on any atom is 0.573 e. The largest absolute Gasteiger partial charge is 0.573 e. The monoisotopic (exact) mass is 515 g/mol. The van der Waals surface area contributed by atoms with Gasteiger partial charge in [-0.3, -0.25) is 0 Å². The van der Waals surface area contributed by atoms with Gasteiger partial charge in [0.05, 0.1) is 12.9 Å². The second kappa shape index (κ2) is 11.3. The molecule has 1 aliphatic rings. The summed E-state index contributed by atoms with van der Waals surface area (Å²) in [5.41, 5.74) is 5.21. The molecule has 5 nitrogen and oxygen atoms in total. The van der Waals surface area contributed by atoms with Crippen LogP contribution in [0.2, 0.25) is 0 Å². The molecule has 0 bridgehead atoms. The zero-order valence-electron chi connectivity index (χ0n) is 20.4. The fraction of sp³-hybridized carbons (Fsp3) is 0.200. The molecule has 0 radical (unpaired) electrons. The maximum absolute atomic E-state index is 12.4. The fourth-order valence-electron chi connectivity index (χ4n) is 3.71. The van der Waals surface area contributed by atoms with E-state index in [4.69, 9.17) is 4.84 Å². The summed E-state index contributed by atoms with van der Waals surface area (Å²) in [5, 5.41) is 4.42. The summed E-state index contributed by atoms with van der Waals surface area (Å²) in [6.07, 6.45) is 2.99. The van der Waals surface area contributed by atoms with Crippen molar-refractivity contribution < 1.29 is 22.7 Å². The van der Waals surface area contributed by atoms with Gasteiger partial charge in [-0.2, -0.15) is 0 Å². The van der Waals surface area contributed by atoms with Crippen molar-refractivity contribution in [2.75, 3.05) is 0 Å². The van der Waals surface area contributed by atoms with Crippen LogP contribution in [-0.2, 0) is 18.0 Å². The standard InChI is InChI=1S/C30H24F3N3O2/c31-30(32,33)38-28-15-13-26(14-16-28)25-9-7-24(8-10-25)20-37-35-29(19-36-18-17-34-21-36)27-11-5-23(6-12-27)4-3-22-1-2-22/h5-18,21-22H,1-2,19-20H2. The molecule has 0 atom stereocenters.